The highest BCUT2D eigenvalue weighted by Crippen LogP contribution is 2.41. The molecule has 3 heteroatoms. The molecule has 0 fully saturated rings. The van der Waals surface area contributed by atoms with Crippen LogP contribution in [0.15, 0.2) is 66.7 Å². The molecule has 3 aromatic carbocycles. The largest absolute Gasteiger partial charge is 0.421 e. The zero-order valence-electron chi connectivity index (χ0n) is 11.1. The van der Waals surface area contributed by atoms with Crippen molar-refractivity contribution in [3.8, 4) is 0 Å². The number of carbonyl (C=O) groups excluding carboxylic acids is 1. The zero-order chi connectivity index (χ0) is 14.4. The summed E-state index contributed by atoms with van der Waals surface area (Å²) < 4.78 is 5.39. The van der Waals surface area contributed by atoms with Crippen molar-refractivity contribution in [2.75, 3.05) is 0 Å². The molecule has 1 unspecified atom stereocenters. The monoisotopic (exact) mass is 276 g/mol. The molecule has 0 spiro atoms. The summed E-state index contributed by atoms with van der Waals surface area (Å²) in [7, 11) is 0. The van der Waals surface area contributed by atoms with Crippen molar-refractivity contribution in [3.63, 3.8) is 0 Å². The SMILES string of the molecule is O=C1OC(O)(c2ccccc2)c2cccc3cccc1c23. The average Bonchev–Trinajstić information content (AvgIpc) is 2.53. The van der Waals surface area contributed by atoms with E-state index in [0.29, 0.717) is 16.7 Å². The van der Waals surface area contributed by atoms with E-state index in [0.717, 1.165) is 10.8 Å². The van der Waals surface area contributed by atoms with Crippen molar-refractivity contribution in [1.82, 2.24) is 0 Å². The summed E-state index contributed by atoms with van der Waals surface area (Å²) in [6.07, 6.45) is 0. The zero-order valence-corrected chi connectivity index (χ0v) is 11.1. The van der Waals surface area contributed by atoms with Crippen LogP contribution in [0.5, 0.6) is 0 Å². The highest BCUT2D eigenvalue weighted by molar-refractivity contribution is 6.08. The minimum atomic E-state index is -1.74. The quantitative estimate of drug-likeness (QED) is 0.694. The van der Waals surface area contributed by atoms with Gasteiger partial charge in [0.25, 0.3) is 5.79 Å². The minimum absolute atomic E-state index is 0.490. The van der Waals surface area contributed by atoms with Crippen LogP contribution in [0.2, 0.25) is 0 Å². The summed E-state index contributed by atoms with van der Waals surface area (Å²) >= 11 is 0. The fourth-order valence-corrected chi connectivity index (χ4v) is 2.92. The lowest BCUT2D eigenvalue weighted by Gasteiger charge is -2.33. The molecule has 0 aliphatic carbocycles. The van der Waals surface area contributed by atoms with E-state index in [1.807, 2.05) is 42.5 Å². The normalized spacial score (nSPS) is 20.3. The van der Waals surface area contributed by atoms with Gasteiger partial charge in [-0.3, -0.25) is 0 Å². The van der Waals surface area contributed by atoms with Crippen molar-refractivity contribution in [3.05, 3.63) is 83.4 Å². The summed E-state index contributed by atoms with van der Waals surface area (Å²) in [6.45, 7) is 0. The van der Waals surface area contributed by atoms with Gasteiger partial charge >= 0.3 is 5.97 Å². The Morgan fingerprint density at radius 2 is 1.57 bits per heavy atom. The molecule has 0 bridgehead atoms. The van der Waals surface area contributed by atoms with E-state index in [1.165, 1.54) is 0 Å². The van der Waals surface area contributed by atoms with E-state index in [4.69, 9.17) is 4.74 Å². The third kappa shape index (κ3) is 1.61. The summed E-state index contributed by atoms with van der Waals surface area (Å²) in [5.41, 5.74) is 1.63. The third-order valence-corrected chi connectivity index (χ3v) is 3.90. The van der Waals surface area contributed by atoms with Gasteiger partial charge in [-0.05, 0) is 11.5 Å². The molecule has 0 saturated heterocycles. The second-order valence-corrected chi connectivity index (χ2v) is 5.11. The lowest BCUT2D eigenvalue weighted by Crippen LogP contribution is -2.37. The van der Waals surface area contributed by atoms with Gasteiger partial charge < -0.3 is 9.84 Å². The number of ether oxygens (including phenoxy) is 1. The number of hydrogen-bond acceptors (Lipinski definition) is 3. The van der Waals surface area contributed by atoms with Crippen LogP contribution in [0.1, 0.15) is 21.5 Å². The molecule has 4 rings (SSSR count). The first-order valence-electron chi connectivity index (χ1n) is 6.73. The Kier molecular flexibility index (Phi) is 2.41. The number of carbonyl (C=O) groups is 1. The first-order chi connectivity index (χ1) is 10.2. The summed E-state index contributed by atoms with van der Waals surface area (Å²) in [5, 5.41) is 12.7. The highest BCUT2D eigenvalue weighted by Gasteiger charge is 2.42. The molecule has 0 amide bonds. The lowest BCUT2D eigenvalue weighted by atomic mass is 9.88. The molecule has 1 N–H and O–H groups in total. The second-order valence-electron chi connectivity index (χ2n) is 5.11. The van der Waals surface area contributed by atoms with Crippen LogP contribution < -0.4 is 0 Å². The minimum Gasteiger partial charge on any atom is -0.421 e. The predicted octanol–water partition coefficient (Wildman–Crippen LogP) is 3.20. The van der Waals surface area contributed by atoms with Crippen molar-refractivity contribution >= 4 is 16.7 Å². The van der Waals surface area contributed by atoms with Crippen molar-refractivity contribution in [1.29, 1.82) is 0 Å². The molecule has 1 atom stereocenters. The molecule has 1 aliphatic heterocycles. The Morgan fingerprint density at radius 3 is 2.33 bits per heavy atom. The van der Waals surface area contributed by atoms with Gasteiger partial charge in [-0.1, -0.05) is 60.7 Å². The van der Waals surface area contributed by atoms with Crippen molar-refractivity contribution in [2.45, 2.75) is 5.79 Å². The Hall–Kier alpha value is -2.65. The predicted molar refractivity (Wildman–Crippen MR) is 78.8 cm³/mol. The Labute approximate surface area is 121 Å². The maximum absolute atomic E-state index is 12.3. The van der Waals surface area contributed by atoms with E-state index in [2.05, 4.69) is 0 Å². The lowest BCUT2D eigenvalue weighted by molar-refractivity contribution is -0.141. The molecule has 102 valence electrons. The van der Waals surface area contributed by atoms with Crippen LogP contribution in [0.4, 0.5) is 0 Å². The van der Waals surface area contributed by atoms with Gasteiger partial charge in [-0.25, -0.2) is 4.79 Å². The summed E-state index contributed by atoms with van der Waals surface area (Å²) in [4.78, 5) is 12.3. The van der Waals surface area contributed by atoms with E-state index in [1.54, 1.807) is 24.3 Å². The third-order valence-electron chi connectivity index (χ3n) is 3.90. The Bertz CT molecular complexity index is 849. The number of esters is 1. The molecule has 0 radical (unpaired) electrons. The van der Waals surface area contributed by atoms with E-state index < -0.39 is 11.8 Å². The van der Waals surface area contributed by atoms with Gasteiger partial charge in [-0.2, -0.15) is 0 Å². The number of aliphatic hydroxyl groups is 1. The smallest absolute Gasteiger partial charge is 0.341 e. The van der Waals surface area contributed by atoms with Crippen LogP contribution >= 0.6 is 0 Å². The van der Waals surface area contributed by atoms with E-state index in [9.17, 15) is 9.90 Å². The van der Waals surface area contributed by atoms with Gasteiger partial charge in [0.05, 0.1) is 5.56 Å². The molecule has 3 nitrogen and oxygen atoms in total. The molecule has 3 aromatic rings. The molecular formula is C18H12O3. The molecule has 1 aliphatic rings. The van der Waals surface area contributed by atoms with E-state index in [-0.39, 0.29) is 0 Å². The van der Waals surface area contributed by atoms with Gasteiger partial charge in [0.2, 0.25) is 0 Å². The first kappa shape index (κ1) is 12.1. The van der Waals surface area contributed by atoms with Crippen LogP contribution in [-0.4, -0.2) is 11.1 Å². The van der Waals surface area contributed by atoms with Gasteiger partial charge in [0.15, 0.2) is 0 Å². The maximum Gasteiger partial charge on any atom is 0.341 e. The number of rotatable bonds is 1. The highest BCUT2D eigenvalue weighted by atomic mass is 16.7. The van der Waals surface area contributed by atoms with E-state index >= 15 is 0 Å². The average molecular weight is 276 g/mol. The molecule has 0 aromatic heterocycles. The van der Waals surface area contributed by atoms with Crippen LogP contribution in [0, 0.1) is 0 Å². The van der Waals surface area contributed by atoms with Crippen molar-refractivity contribution in [2.24, 2.45) is 0 Å². The Morgan fingerprint density at radius 1 is 0.857 bits per heavy atom. The summed E-state index contributed by atoms with van der Waals surface area (Å²) in [5.74, 6) is -2.25. The van der Waals surface area contributed by atoms with Gasteiger partial charge in [-0.15, -0.1) is 0 Å². The van der Waals surface area contributed by atoms with Crippen LogP contribution in [0.3, 0.4) is 0 Å². The molecule has 1 heterocycles. The molecule has 0 saturated carbocycles. The van der Waals surface area contributed by atoms with Crippen molar-refractivity contribution < 1.29 is 14.6 Å². The fourth-order valence-electron chi connectivity index (χ4n) is 2.92. The molecule has 21 heavy (non-hydrogen) atoms. The summed E-state index contributed by atoms with van der Waals surface area (Å²) in [6, 6.07) is 20.0. The topological polar surface area (TPSA) is 46.5 Å². The number of cyclic esters (lactones) is 1. The van der Waals surface area contributed by atoms with Gasteiger partial charge in [0, 0.05) is 16.5 Å². The first-order valence-corrected chi connectivity index (χ1v) is 6.73. The van der Waals surface area contributed by atoms with Crippen LogP contribution in [0.25, 0.3) is 10.8 Å². The second kappa shape index (κ2) is 4.17. The van der Waals surface area contributed by atoms with Gasteiger partial charge in [0.1, 0.15) is 0 Å². The standard InChI is InChI=1S/C18H12O3/c19-17-14-10-4-6-12-7-5-11-15(16(12)14)18(20,21-17)13-8-2-1-3-9-13/h1-11,20H. The van der Waals surface area contributed by atoms with Crippen LogP contribution in [-0.2, 0) is 10.5 Å². The number of benzene rings is 3. The number of hydrogen-bond donors (Lipinski definition) is 1. The fraction of sp³-hybridized carbons (Fsp3) is 0.0556. The maximum atomic E-state index is 12.3. The molecular weight excluding hydrogens is 264 g/mol. The Balaban J connectivity index is 2.10.